The van der Waals surface area contributed by atoms with Crippen LogP contribution >= 0.6 is 0 Å². The summed E-state index contributed by atoms with van der Waals surface area (Å²) in [5.41, 5.74) is 1.29. The third-order valence-corrected chi connectivity index (χ3v) is 4.71. The first kappa shape index (κ1) is 21.4. The van der Waals surface area contributed by atoms with Gasteiger partial charge in [0.2, 0.25) is 0 Å². The molecule has 0 atom stereocenters. The molecule has 1 saturated heterocycles. The molecule has 0 spiro atoms. The number of hydrogen-bond acceptors (Lipinski definition) is 4. The second kappa shape index (κ2) is 11.7. The minimum atomic E-state index is 0.586. The lowest BCUT2D eigenvalue weighted by molar-refractivity contribution is 0.255. The standard InChI is InChI=1S/C21H37N5O/c1-5-22-21(24-17-18(2)3)23-11-6-12-25-13-15-26(16-14-25)19-7-9-20(27-4)10-8-19/h7-10,18H,5-6,11-17H2,1-4H3,(H2,22,23,24). The molecule has 6 nitrogen and oxygen atoms in total. The summed E-state index contributed by atoms with van der Waals surface area (Å²) in [5, 5.41) is 6.77. The molecule has 0 amide bonds. The predicted molar refractivity (Wildman–Crippen MR) is 115 cm³/mol. The molecule has 0 bridgehead atoms. The van der Waals surface area contributed by atoms with Gasteiger partial charge in [-0.05, 0) is 50.1 Å². The van der Waals surface area contributed by atoms with Crippen LogP contribution in [0.25, 0.3) is 0 Å². The maximum atomic E-state index is 5.24. The van der Waals surface area contributed by atoms with Crippen LogP contribution in [0.1, 0.15) is 27.2 Å². The number of ether oxygens (including phenoxy) is 1. The van der Waals surface area contributed by atoms with E-state index in [9.17, 15) is 0 Å². The first-order valence-electron chi connectivity index (χ1n) is 10.3. The van der Waals surface area contributed by atoms with E-state index in [1.54, 1.807) is 7.11 Å². The quantitative estimate of drug-likeness (QED) is 0.394. The van der Waals surface area contributed by atoms with Gasteiger partial charge in [-0.3, -0.25) is 9.89 Å². The van der Waals surface area contributed by atoms with Gasteiger partial charge in [0.15, 0.2) is 5.96 Å². The number of methoxy groups -OCH3 is 1. The van der Waals surface area contributed by atoms with Crippen molar-refractivity contribution in [3.8, 4) is 5.75 Å². The minimum Gasteiger partial charge on any atom is -0.497 e. The molecule has 0 unspecified atom stereocenters. The van der Waals surface area contributed by atoms with E-state index >= 15 is 0 Å². The van der Waals surface area contributed by atoms with Gasteiger partial charge in [0.1, 0.15) is 5.75 Å². The van der Waals surface area contributed by atoms with Gasteiger partial charge in [-0.25, -0.2) is 0 Å². The molecule has 1 heterocycles. The number of anilines is 1. The number of nitrogens with zero attached hydrogens (tertiary/aromatic N) is 3. The molecule has 1 aliphatic rings. The fraction of sp³-hybridized carbons (Fsp3) is 0.667. The van der Waals surface area contributed by atoms with Crippen molar-refractivity contribution in [2.24, 2.45) is 10.9 Å². The molecule has 2 rings (SSSR count). The van der Waals surface area contributed by atoms with Gasteiger partial charge in [-0.1, -0.05) is 13.8 Å². The summed E-state index contributed by atoms with van der Waals surface area (Å²) in [6.07, 6.45) is 1.13. The van der Waals surface area contributed by atoms with Crippen LogP contribution in [0.2, 0.25) is 0 Å². The van der Waals surface area contributed by atoms with E-state index in [2.05, 4.69) is 58.3 Å². The highest BCUT2D eigenvalue weighted by molar-refractivity contribution is 5.79. The summed E-state index contributed by atoms with van der Waals surface area (Å²) in [5.74, 6) is 2.44. The van der Waals surface area contributed by atoms with E-state index in [1.807, 2.05) is 12.1 Å². The number of nitrogens with one attached hydrogen (secondary N) is 2. The topological polar surface area (TPSA) is 52.1 Å². The fourth-order valence-corrected chi connectivity index (χ4v) is 3.15. The van der Waals surface area contributed by atoms with Crippen LogP contribution in [0.15, 0.2) is 29.3 Å². The molecule has 0 aromatic heterocycles. The van der Waals surface area contributed by atoms with Crippen LogP contribution < -0.4 is 20.3 Å². The average Bonchev–Trinajstić information content (AvgIpc) is 2.69. The SMILES string of the molecule is CCNC(=NCC(C)C)NCCCN1CCN(c2ccc(OC)cc2)CC1. The van der Waals surface area contributed by atoms with E-state index in [4.69, 9.17) is 4.74 Å². The first-order valence-corrected chi connectivity index (χ1v) is 10.3. The minimum absolute atomic E-state index is 0.586. The van der Waals surface area contributed by atoms with Crippen molar-refractivity contribution >= 4 is 11.6 Å². The Morgan fingerprint density at radius 1 is 1.11 bits per heavy atom. The first-order chi connectivity index (χ1) is 13.1. The maximum Gasteiger partial charge on any atom is 0.191 e. The number of benzene rings is 1. The van der Waals surface area contributed by atoms with Gasteiger partial charge >= 0.3 is 0 Å². The third kappa shape index (κ3) is 7.67. The van der Waals surface area contributed by atoms with Crippen LogP contribution in [0.3, 0.4) is 0 Å². The molecule has 2 N–H and O–H groups in total. The molecule has 1 aromatic rings. The lowest BCUT2D eigenvalue weighted by Crippen LogP contribution is -2.47. The molecule has 27 heavy (non-hydrogen) atoms. The smallest absolute Gasteiger partial charge is 0.191 e. The second-order valence-corrected chi connectivity index (χ2v) is 7.42. The van der Waals surface area contributed by atoms with E-state index < -0.39 is 0 Å². The van der Waals surface area contributed by atoms with Crippen LogP contribution in [0.5, 0.6) is 5.75 Å². The number of aliphatic imine (C=N–C) groups is 1. The summed E-state index contributed by atoms with van der Waals surface area (Å²) < 4.78 is 5.24. The highest BCUT2D eigenvalue weighted by Crippen LogP contribution is 2.20. The zero-order valence-electron chi connectivity index (χ0n) is 17.5. The number of guanidine groups is 1. The van der Waals surface area contributed by atoms with Gasteiger partial charge in [0.05, 0.1) is 7.11 Å². The van der Waals surface area contributed by atoms with Crippen molar-refractivity contribution in [1.82, 2.24) is 15.5 Å². The molecule has 0 radical (unpaired) electrons. The van der Waals surface area contributed by atoms with Crippen LogP contribution in [0.4, 0.5) is 5.69 Å². The fourth-order valence-electron chi connectivity index (χ4n) is 3.15. The van der Waals surface area contributed by atoms with Gasteiger partial charge in [0, 0.05) is 51.5 Å². The predicted octanol–water partition coefficient (Wildman–Crippen LogP) is 2.42. The van der Waals surface area contributed by atoms with Crippen LogP contribution in [-0.4, -0.2) is 70.3 Å². The molecule has 0 aliphatic carbocycles. The Morgan fingerprint density at radius 3 is 2.41 bits per heavy atom. The lowest BCUT2D eigenvalue weighted by atomic mass is 10.2. The highest BCUT2D eigenvalue weighted by atomic mass is 16.5. The van der Waals surface area contributed by atoms with Crippen molar-refractivity contribution in [1.29, 1.82) is 0 Å². The third-order valence-electron chi connectivity index (χ3n) is 4.71. The molecular weight excluding hydrogens is 338 g/mol. The Morgan fingerprint density at radius 2 is 1.81 bits per heavy atom. The van der Waals surface area contributed by atoms with Crippen molar-refractivity contribution in [2.75, 3.05) is 64.4 Å². The van der Waals surface area contributed by atoms with Crippen LogP contribution in [-0.2, 0) is 0 Å². The Bertz CT molecular complexity index is 550. The molecule has 1 fully saturated rings. The van der Waals surface area contributed by atoms with E-state index in [0.29, 0.717) is 5.92 Å². The van der Waals surface area contributed by atoms with E-state index in [1.165, 1.54) is 5.69 Å². The van der Waals surface area contributed by atoms with Crippen molar-refractivity contribution in [3.63, 3.8) is 0 Å². The number of rotatable bonds is 9. The summed E-state index contributed by atoms with van der Waals surface area (Å²) in [4.78, 5) is 9.63. The van der Waals surface area contributed by atoms with Gasteiger partial charge in [0.25, 0.3) is 0 Å². The Kier molecular flexibility index (Phi) is 9.25. The monoisotopic (exact) mass is 375 g/mol. The van der Waals surface area contributed by atoms with Crippen molar-refractivity contribution in [3.05, 3.63) is 24.3 Å². The maximum absolute atomic E-state index is 5.24. The van der Waals surface area contributed by atoms with Gasteiger partial charge < -0.3 is 20.3 Å². The average molecular weight is 376 g/mol. The highest BCUT2D eigenvalue weighted by Gasteiger charge is 2.16. The zero-order valence-corrected chi connectivity index (χ0v) is 17.5. The molecule has 0 saturated carbocycles. The Labute approximate surface area is 165 Å². The number of piperazine rings is 1. The molecule has 6 heteroatoms. The summed E-state index contributed by atoms with van der Waals surface area (Å²) >= 11 is 0. The normalized spacial score (nSPS) is 15.9. The Hall–Kier alpha value is -1.95. The number of hydrogen-bond donors (Lipinski definition) is 2. The zero-order chi connectivity index (χ0) is 19.5. The summed E-state index contributed by atoms with van der Waals surface area (Å²) in [6.45, 7) is 14.7. The second-order valence-electron chi connectivity index (χ2n) is 7.42. The van der Waals surface area contributed by atoms with Crippen molar-refractivity contribution in [2.45, 2.75) is 27.2 Å². The molecule has 152 valence electrons. The van der Waals surface area contributed by atoms with Crippen molar-refractivity contribution < 1.29 is 4.74 Å². The van der Waals surface area contributed by atoms with E-state index in [-0.39, 0.29) is 0 Å². The molecular formula is C21H37N5O. The summed E-state index contributed by atoms with van der Waals surface area (Å²) in [7, 11) is 1.71. The van der Waals surface area contributed by atoms with E-state index in [0.717, 1.165) is 70.5 Å². The van der Waals surface area contributed by atoms with Gasteiger partial charge in [-0.15, -0.1) is 0 Å². The van der Waals surface area contributed by atoms with Gasteiger partial charge in [-0.2, -0.15) is 0 Å². The molecule has 1 aliphatic heterocycles. The lowest BCUT2D eigenvalue weighted by Gasteiger charge is -2.36. The van der Waals surface area contributed by atoms with Crippen LogP contribution in [0, 0.1) is 5.92 Å². The largest absolute Gasteiger partial charge is 0.497 e. The molecule has 1 aromatic carbocycles. The summed E-state index contributed by atoms with van der Waals surface area (Å²) in [6, 6.07) is 8.38. The Balaban J connectivity index is 1.66.